The molecule has 1 saturated carbocycles. The topological polar surface area (TPSA) is 118 Å². The standard InChI is InChI=1S/C18H25N3O6/c1-11(2)16(20-17(24)13-5-4-8-26-13)18(25)27-10-15(23)21(3)9-14(22)19-12-6-7-12/h4-5,8,11-12,16H,6-7,9-10H2,1-3H3,(H,19,22)(H,20,24)/t16-/m0/s1. The minimum absolute atomic E-state index is 0.0749. The van der Waals surface area contributed by atoms with Crippen LogP contribution in [0.2, 0.25) is 0 Å². The molecular weight excluding hydrogens is 354 g/mol. The highest BCUT2D eigenvalue weighted by molar-refractivity contribution is 5.95. The minimum Gasteiger partial charge on any atom is -0.459 e. The van der Waals surface area contributed by atoms with Crippen LogP contribution in [0.1, 0.15) is 37.2 Å². The maximum atomic E-state index is 12.3. The molecule has 1 aromatic heterocycles. The summed E-state index contributed by atoms with van der Waals surface area (Å²) < 4.78 is 10.0. The molecule has 148 valence electrons. The van der Waals surface area contributed by atoms with Gasteiger partial charge in [0.25, 0.3) is 11.8 Å². The van der Waals surface area contributed by atoms with Crippen LogP contribution >= 0.6 is 0 Å². The Morgan fingerprint density at radius 3 is 2.56 bits per heavy atom. The molecule has 2 N–H and O–H groups in total. The number of nitrogens with zero attached hydrogens (tertiary/aromatic N) is 1. The molecule has 0 bridgehead atoms. The van der Waals surface area contributed by atoms with Crippen molar-refractivity contribution in [3.05, 3.63) is 24.2 Å². The summed E-state index contributed by atoms with van der Waals surface area (Å²) in [6.07, 6.45) is 3.27. The number of esters is 1. The molecule has 0 spiro atoms. The fourth-order valence-corrected chi connectivity index (χ4v) is 2.26. The summed E-state index contributed by atoms with van der Waals surface area (Å²) in [7, 11) is 1.46. The summed E-state index contributed by atoms with van der Waals surface area (Å²) in [6, 6.07) is 2.32. The molecule has 1 aromatic rings. The lowest BCUT2D eigenvalue weighted by atomic mass is 10.0. The third kappa shape index (κ3) is 6.43. The van der Waals surface area contributed by atoms with Gasteiger partial charge >= 0.3 is 5.97 Å². The maximum Gasteiger partial charge on any atom is 0.329 e. The summed E-state index contributed by atoms with van der Waals surface area (Å²) in [4.78, 5) is 49.3. The Labute approximate surface area is 157 Å². The van der Waals surface area contributed by atoms with Crippen LogP contribution in [0.25, 0.3) is 0 Å². The molecule has 0 saturated heterocycles. The van der Waals surface area contributed by atoms with Gasteiger partial charge in [-0.1, -0.05) is 13.8 Å². The number of likely N-dealkylation sites (N-methyl/N-ethyl adjacent to an activating group) is 1. The number of carbonyl (C=O) groups is 4. The smallest absolute Gasteiger partial charge is 0.329 e. The van der Waals surface area contributed by atoms with Gasteiger partial charge < -0.3 is 24.7 Å². The van der Waals surface area contributed by atoms with E-state index in [1.807, 2.05) is 0 Å². The number of carbonyl (C=O) groups excluding carboxylic acids is 4. The Morgan fingerprint density at radius 1 is 1.30 bits per heavy atom. The molecule has 1 fully saturated rings. The highest BCUT2D eigenvalue weighted by Gasteiger charge is 2.28. The van der Waals surface area contributed by atoms with Crippen molar-refractivity contribution in [3.8, 4) is 0 Å². The van der Waals surface area contributed by atoms with Gasteiger partial charge in [-0.25, -0.2) is 4.79 Å². The van der Waals surface area contributed by atoms with E-state index in [2.05, 4.69) is 10.6 Å². The van der Waals surface area contributed by atoms with E-state index in [-0.39, 0.29) is 30.2 Å². The molecule has 0 unspecified atom stereocenters. The Bertz CT molecular complexity index is 681. The van der Waals surface area contributed by atoms with Gasteiger partial charge in [0.15, 0.2) is 12.4 Å². The van der Waals surface area contributed by atoms with Crippen LogP contribution in [0.4, 0.5) is 0 Å². The second kappa shape index (κ2) is 9.20. The molecule has 9 heteroatoms. The molecule has 0 aliphatic heterocycles. The van der Waals surface area contributed by atoms with Gasteiger partial charge in [0.05, 0.1) is 12.8 Å². The van der Waals surface area contributed by atoms with Gasteiger partial charge in [0, 0.05) is 13.1 Å². The third-order valence-corrected chi connectivity index (χ3v) is 4.04. The molecular formula is C18H25N3O6. The number of rotatable bonds is 9. The average Bonchev–Trinajstić information content (AvgIpc) is 3.24. The molecule has 0 aromatic carbocycles. The summed E-state index contributed by atoms with van der Waals surface area (Å²) in [5.41, 5.74) is 0. The van der Waals surface area contributed by atoms with Gasteiger partial charge in [-0.3, -0.25) is 14.4 Å². The van der Waals surface area contributed by atoms with Gasteiger partial charge in [-0.2, -0.15) is 0 Å². The predicted molar refractivity (Wildman–Crippen MR) is 94.6 cm³/mol. The molecule has 1 aliphatic carbocycles. The van der Waals surface area contributed by atoms with Crippen LogP contribution in [-0.2, 0) is 19.1 Å². The first-order valence-electron chi connectivity index (χ1n) is 8.82. The van der Waals surface area contributed by atoms with Crippen molar-refractivity contribution in [2.75, 3.05) is 20.2 Å². The monoisotopic (exact) mass is 379 g/mol. The zero-order chi connectivity index (χ0) is 20.0. The van der Waals surface area contributed by atoms with E-state index in [9.17, 15) is 19.2 Å². The largest absolute Gasteiger partial charge is 0.459 e. The number of furan rings is 1. The summed E-state index contributed by atoms with van der Waals surface area (Å²) in [5.74, 6) is -2.20. The molecule has 2 rings (SSSR count). The van der Waals surface area contributed by atoms with Gasteiger partial charge in [-0.05, 0) is 30.9 Å². The van der Waals surface area contributed by atoms with Crippen molar-refractivity contribution in [2.24, 2.45) is 5.92 Å². The number of hydrogen-bond acceptors (Lipinski definition) is 6. The lowest BCUT2D eigenvalue weighted by Crippen LogP contribution is -2.46. The highest BCUT2D eigenvalue weighted by Crippen LogP contribution is 2.18. The number of nitrogens with one attached hydrogen (secondary N) is 2. The van der Waals surface area contributed by atoms with Crippen LogP contribution in [0.3, 0.4) is 0 Å². The minimum atomic E-state index is -0.932. The average molecular weight is 379 g/mol. The second-order valence-corrected chi connectivity index (χ2v) is 6.87. The first kappa shape index (κ1) is 20.5. The number of amides is 3. The third-order valence-electron chi connectivity index (χ3n) is 4.04. The van der Waals surface area contributed by atoms with Crippen molar-refractivity contribution in [1.29, 1.82) is 0 Å². The van der Waals surface area contributed by atoms with Gasteiger partial charge in [0.2, 0.25) is 5.91 Å². The summed E-state index contributed by atoms with van der Waals surface area (Å²) in [5, 5.41) is 5.31. The molecule has 3 amide bonds. The van der Waals surface area contributed by atoms with Crippen molar-refractivity contribution >= 4 is 23.7 Å². The molecule has 1 atom stereocenters. The highest BCUT2D eigenvalue weighted by atomic mass is 16.5. The van der Waals surface area contributed by atoms with Crippen LogP contribution in [0.15, 0.2) is 22.8 Å². The molecule has 0 radical (unpaired) electrons. The van der Waals surface area contributed by atoms with Crippen LogP contribution in [0.5, 0.6) is 0 Å². The molecule has 1 heterocycles. The second-order valence-electron chi connectivity index (χ2n) is 6.87. The van der Waals surface area contributed by atoms with Crippen molar-refractivity contribution in [3.63, 3.8) is 0 Å². The first-order valence-corrected chi connectivity index (χ1v) is 8.82. The SMILES string of the molecule is CC(C)[C@H](NC(=O)c1ccco1)C(=O)OCC(=O)N(C)CC(=O)NC1CC1. The van der Waals surface area contributed by atoms with Gasteiger partial charge in [-0.15, -0.1) is 0 Å². The van der Waals surface area contributed by atoms with Gasteiger partial charge in [0.1, 0.15) is 6.04 Å². The Kier molecular flexibility index (Phi) is 6.98. The quantitative estimate of drug-likeness (QED) is 0.597. The lowest BCUT2D eigenvalue weighted by molar-refractivity contribution is -0.154. The lowest BCUT2D eigenvalue weighted by Gasteiger charge is -2.21. The normalized spacial score (nSPS) is 14.4. The predicted octanol–water partition coefficient (Wildman–Crippen LogP) is 0.314. The van der Waals surface area contributed by atoms with Crippen molar-refractivity contribution in [1.82, 2.24) is 15.5 Å². The molecule has 27 heavy (non-hydrogen) atoms. The zero-order valence-electron chi connectivity index (χ0n) is 15.7. The first-order chi connectivity index (χ1) is 12.8. The fourth-order valence-electron chi connectivity index (χ4n) is 2.26. The van der Waals surface area contributed by atoms with E-state index in [1.165, 1.54) is 24.3 Å². The fraction of sp³-hybridized carbons (Fsp3) is 0.556. The van der Waals surface area contributed by atoms with Crippen molar-refractivity contribution < 1.29 is 28.3 Å². The van der Waals surface area contributed by atoms with E-state index in [4.69, 9.17) is 9.15 Å². The Balaban J connectivity index is 1.80. The van der Waals surface area contributed by atoms with E-state index in [0.29, 0.717) is 0 Å². The van der Waals surface area contributed by atoms with E-state index in [1.54, 1.807) is 19.9 Å². The maximum absolute atomic E-state index is 12.3. The van der Waals surface area contributed by atoms with Crippen molar-refractivity contribution in [2.45, 2.75) is 38.8 Å². The number of ether oxygens (including phenoxy) is 1. The molecule has 1 aliphatic rings. The number of hydrogen-bond donors (Lipinski definition) is 2. The van der Waals surface area contributed by atoms with E-state index >= 15 is 0 Å². The van der Waals surface area contributed by atoms with Crippen LogP contribution < -0.4 is 10.6 Å². The van der Waals surface area contributed by atoms with Crippen LogP contribution in [0, 0.1) is 5.92 Å². The summed E-state index contributed by atoms with van der Waals surface area (Å²) in [6.45, 7) is 2.87. The van der Waals surface area contributed by atoms with E-state index < -0.39 is 30.4 Å². The zero-order valence-corrected chi connectivity index (χ0v) is 15.7. The Morgan fingerprint density at radius 2 is 2.00 bits per heavy atom. The van der Waals surface area contributed by atoms with Crippen LogP contribution in [-0.4, -0.2) is 60.9 Å². The summed E-state index contributed by atoms with van der Waals surface area (Å²) >= 11 is 0. The molecule has 9 nitrogen and oxygen atoms in total. The van der Waals surface area contributed by atoms with E-state index in [0.717, 1.165) is 12.8 Å². The Hall–Kier alpha value is -2.84.